The molecule has 3 aliphatic rings. The summed E-state index contributed by atoms with van der Waals surface area (Å²) in [6.07, 6.45) is 13.8. The van der Waals surface area contributed by atoms with Crippen LogP contribution in [0.1, 0.15) is 49.7 Å². The van der Waals surface area contributed by atoms with Gasteiger partial charge in [0.25, 0.3) is 0 Å². The molecule has 1 aliphatic carbocycles. The van der Waals surface area contributed by atoms with Gasteiger partial charge in [-0.1, -0.05) is 12.1 Å². The maximum absolute atomic E-state index is 4.82. The number of benzene rings is 1. The van der Waals surface area contributed by atoms with Crippen LogP contribution in [0.5, 0.6) is 0 Å². The van der Waals surface area contributed by atoms with Gasteiger partial charge in [-0.15, -0.1) is 0 Å². The summed E-state index contributed by atoms with van der Waals surface area (Å²) in [5.41, 5.74) is 6.20. The molecule has 2 fully saturated rings. The van der Waals surface area contributed by atoms with E-state index in [4.69, 9.17) is 4.99 Å². The normalized spacial score (nSPS) is 22.9. The summed E-state index contributed by atoms with van der Waals surface area (Å²) in [6.45, 7) is 4.55. The Morgan fingerprint density at radius 2 is 1.94 bits per heavy atom. The van der Waals surface area contributed by atoms with Crippen molar-refractivity contribution in [3.8, 4) is 0 Å². The molecule has 3 heterocycles. The molecule has 0 spiro atoms. The third kappa shape index (κ3) is 5.07. The van der Waals surface area contributed by atoms with E-state index in [-0.39, 0.29) is 0 Å². The number of aromatic nitrogens is 1. The van der Waals surface area contributed by atoms with Crippen LogP contribution in [0.3, 0.4) is 0 Å². The molecule has 162 valence electrons. The number of nitrogens with zero attached hydrogens (tertiary/aromatic N) is 4. The lowest BCUT2D eigenvalue weighted by molar-refractivity contribution is 0.299. The summed E-state index contributed by atoms with van der Waals surface area (Å²) in [7, 11) is 2.30. The first-order valence-electron chi connectivity index (χ1n) is 12.0. The van der Waals surface area contributed by atoms with Gasteiger partial charge in [-0.25, -0.2) is 0 Å². The van der Waals surface area contributed by atoms with Crippen molar-refractivity contribution in [1.29, 1.82) is 0 Å². The second-order valence-electron chi connectivity index (χ2n) is 9.49. The van der Waals surface area contributed by atoms with E-state index in [1.807, 2.05) is 18.5 Å². The van der Waals surface area contributed by atoms with Crippen LogP contribution in [0.25, 0.3) is 6.08 Å². The van der Waals surface area contributed by atoms with E-state index >= 15 is 0 Å². The lowest BCUT2D eigenvalue weighted by atomic mass is 9.95. The quantitative estimate of drug-likeness (QED) is 0.635. The van der Waals surface area contributed by atoms with Crippen LogP contribution in [-0.4, -0.2) is 54.9 Å². The van der Waals surface area contributed by atoms with Gasteiger partial charge >= 0.3 is 0 Å². The highest BCUT2D eigenvalue weighted by Gasteiger charge is 2.28. The monoisotopic (exact) mass is 414 g/mol. The van der Waals surface area contributed by atoms with E-state index in [2.05, 4.69) is 58.2 Å². The lowest BCUT2D eigenvalue weighted by Crippen LogP contribution is -2.39. The Morgan fingerprint density at radius 3 is 2.71 bits per heavy atom. The first-order chi connectivity index (χ1) is 15.3. The summed E-state index contributed by atoms with van der Waals surface area (Å²) >= 11 is 0. The van der Waals surface area contributed by atoms with Gasteiger partial charge in [0.05, 0.1) is 5.71 Å². The zero-order chi connectivity index (χ0) is 21.0. The van der Waals surface area contributed by atoms with E-state index < -0.39 is 0 Å². The first-order valence-corrected chi connectivity index (χ1v) is 12.0. The lowest BCUT2D eigenvalue weighted by Gasteiger charge is -2.30. The topological polar surface area (TPSA) is 31.7 Å². The SMILES string of the molecule is CN(CC1CC1)C[C@@H]1CCCN1c1ccc(/C=C2\CCCN=C2c2cccnc2)cc1. The largest absolute Gasteiger partial charge is 0.367 e. The van der Waals surface area contributed by atoms with E-state index in [1.54, 1.807) is 0 Å². The van der Waals surface area contributed by atoms with Gasteiger partial charge in [-0.2, -0.15) is 0 Å². The van der Waals surface area contributed by atoms with Crippen LogP contribution >= 0.6 is 0 Å². The highest BCUT2D eigenvalue weighted by atomic mass is 15.2. The standard InChI is InChI=1S/C27H34N4/c1-30(19-22-8-9-22)20-26-7-4-16-31(26)25-12-10-21(11-13-25)17-23-5-3-15-29-27(23)24-6-2-14-28-18-24/h2,6,10-14,17-18,22,26H,3-5,7-9,15-16,19-20H2,1H3/b23-17+/t26-/m0/s1. The van der Waals surface area contributed by atoms with Gasteiger partial charge < -0.3 is 9.80 Å². The fraction of sp³-hybridized carbons (Fsp3) is 0.481. The molecule has 0 N–H and O–H groups in total. The van der Waals surface area contributed by atoms with Crippen molar-refractivity contribution in [2.24, 2.45) is 10.9 Å². The number of likely N-dealkylation sites (N-methyl/N-ethyl adjacent to an activating group) is 1. The van der Waals surface area contributed by atoms with Gasteiger partial charge in [0, 0.05) is 55.9 Å². The molecule has 1 saturated heterocycles. The number of anilines is 1. The summed E-state index contributed by atoms with van der Waals surface area (Å²) in [5.74, 6) is 0.965. The fourth-order valence-corrected chi connectivity index (χ4v) is 5.10. The average Bonchev–Trinajstić information content (AvgIpc) is 3.50. The molecule has 1 saturated carbocycles. The molecule has 4 nitrogen and oxygen atoms in total. The van der Waals surface area contributed by atoms with E-state index in [9.17, 15) is 0 Å². The highest BCUT2D eigenvalue weighted by Crippen LogP contribution is 2.31. The Balaban J connectivity index is 1.29. The van der Waals surface area contributed by atoms with Crippen molar-refractivity contribution in [2.75, 3.05) is 38.1 Å². The number of hydrogen-bond donors (Lipinski definition) is 0. The van der Waals surface area contributed by atoms with E-state index in [0.29, 0.717) is 6.04 Å². The minimum Gasteiger partial charge on any atom is -0.367 e. The van der Waals surface area contributed by atoms with Crippen molar-refractivity contribution in [3.63, 3.8) is 0 Å². The summed E-state index contributed by atoms with van der Waals surface area (Å²) in [4.78, 5) is 14.3. The van der Waals surface area contributed by atoms with Crippen LogP contribution in [0.4, 0.5) is 5.69 Å². The maximum atomic E-state index is 4.82. The second-order valence-corrected chi connectivity index (χ2v) is 9.49. The van der Waals surface area contributed by atoms with Crippen molar-refractivity contribution in [2.45, 2.75) is 44.6 Å². The van der Waals surface area contributed by atoms with Crippen molar-refractivity contribution < 1.29 is 0 Å². The Morgan fingerprint density at radius 1 is 1.06 bits per heavy atom. The summed E-state index contributed by atoms with van der Waals surface area (Å²) < 4.78 is 0. The van der Waals surface area contributed by atoms with Gasteiger partial charge in [-0.3, -0.25) is 9.98 Å². The third-order valence-electron chi connectivity index (χ3n) is 6.85. The van der Waals surface area contributed by atoms with Crippen molar-refractivity contribution in [3.05, 3.63) is 65.5 Å². The van der Waals surface area contributed by atoms with Crippen LogP contribution in [-0.2, 0) is 0 Å². The molecule has 0 bridgehead atoms. The molecule has 4 heteroatoms. The van der Waals surface area contributed by atoms with E-state index in [1.165, 1.54) is 62.1 Å². The number of aliphatic imine (C=N–C) groups is 1. The van der Waals surface area contributed by atoms with Gasteiger partial charge in [0.2, 0.25) is 0 Å². The smallest absolute Gasteiger partial charge is 0.0694 e. The number of pyridine rings is 1. The Kier molecular flexibility index (Phi) is 6.17. The number of hydrogen-bond acceptors (Lipinski definition) is 4. The first kappa shape index (κ1) is 20.4. The molecule has 2 aromatic rings. The van der Waals surface area contributed by atoms with Gasteiger partial charge in [-0.05, 0) is 93.0 Å². The molecule has 1 atom stereocenters. The molecule has 0 unspecified atom stereocenters. The van der Waals surface area contributed by atoms with Crippen molar-refractivity contribution in [1.82, 2.24) is 9.88 Å². The molecule has 0 amide bonds. The van der Waals surface area contributed by atoms with E-state index in [0.717, 1.165) is 36.6 Å². The molecule has 0 radical (unpaired) electrons. The maximum Gasteiger partial charge on any atom is 0.0694 e. The van der Waals surface area contributed by atoms with Crippen molar-refractivity contribution >= 4 is 17.5 Å². The Labute approximate surface area is 186 Å². The number of allylic oxidation sites excluding steroid dienone is 1. The molecule has 2 aliphatic heterocycles. The van der Waals surface area contributed by atoms with Crippen LogP contribution in [0.15, 0.2) is 59.4 Å². The molecular formula is C27H34N4. The van der Waals surface area contributed by atoms with Gasteiger partial charge in [0.15, 0.2) is 0 Å². The average molecular weight is 415 g/mol. The van der Waals surface area contributed by atoms with Crippen LogP contribution in [0, 0.1) is 5.92 Å². The van der Waals surface area contributed by atoms with Crippen LogP contribution < -0.4 is 4.90 Å². The van der Waals surface area contributed by atoms with Crippen LogP contribution in [0.2, 0.25) is 0 Å². The molecule has 1 aromatic carbocycles. The Bertz CT molecular complexity index is 927. The zero-order valence-electron chi connectivity index (χ0n) is 18.7. The minimum atomic E-state index is 0.649. The predicted octanol–water partition coefficient (Wildman–Crippen LogP) is 5.06. The zero-order valence-corrected chi connectivity index (χ0v) is 18.7. The molecular weight excluding hydrogens is 380 g/mol. The molecule has 5 rings (SSSR count). The molecule has 31 heavy (non-hydrogen) atoms. The molecule has 1 aromatic heterocycles. The minimum absolute atomic E-state index is 0.649. The predicted molar refractivity (Wildman–Crippen MR) is 130 cm³/mol. The Hall–Kier alpha value is -2.46. The number of rotatable bonds is 7. The fourth-order valence-electron chi connectivity index (χ4n) is 5.10. The summed E-state index contributed by atoms with van der Waals surface area (Å²) in [6, 6.07) is 13.9. The third-order valence-corrected chi connectivity index (χ3v) is 6.85. The second kappa shape index (κ2) is 9.35. The van der Waals surface area contributed by atoms with Gasteiger partial charge in [0.1, 0.15) is 0 Å². The summed E-state index contributed by atoms with van der Waals surface area (Å²) in [5, 5.41) is 0. The highest BCUT2D eigenvalue weighted by molar-refractivity contribution is 6.15.